The number of rotatable bonds is 17. The van der Waals surface area contributed by atoms with Gasteiger partial charge in [-0.15, -0.1) is 0 Å². The lowest BCUT2D eigenvalue weighted by Crippen LogP contribution is -2.59. The van der Waals surface area contributed by atoms with E-state index in [0.29, 0.717) is 17.7 Å². The number of nitrogens with two attached hydrogens (primary N) is 1. The van der Waals surface area contributed by atoms with Crippen molar-refractivity contribution in [3.63, 3.8) is 0 Å². The monoisotopic (exact) mass is 660 g/mol. The minimum atomic E-state index is -1.21. The van der Waals surface area contributed by atoms with Gasteiger partial charge in [0.15, 0.2) is 0 Å². The molecule has 4 rings (SSSR count). The maximum absolute atomic E-state index is 13.8. The molecule has 0 aliphatic carbocycles. The standard InChI is InChI=1S/C34H41FN8O5/c1-3-4-8-27(32(46)42-28(31(36)45)15-22-17-38-26-9-6-5-7-25(22)26)41-33(47)29(14-21-10-12-23(35)13-11-21)43-34(48)30(40-20(2)44)16-24-18-37-19-39-24/h5-7,9-13,17-19,27-30,38H,3-4,8,14-16H2,1-2H3,(H2,36,45)(H,37,39)(H,40,44)(H,41,47)(H,42,46)(H,43,48)/t27-,28-,29+,30-/m0/s1. The molecule has 14 heteroatoms. The minimum Gasteiger partial charge on any atom is -0.368 e. The van der Waals surface area contributed by atoms with E-state index in [2.05, 4.69) is 36.2 Å². The fourth-order valence-corrected chi connectivity index (χ4v) is 5.37. The zero-order chi connectivity index (χ0) is 34.6. The summed E-state index contributed by atoms with van der Waals surface area (Å²) < 4.78 is 13.7. The topological polar surface area (TPSA) is 204 Å². The molecule has 0 saturated heterocycles. The second-order valence-corrected chi connectivity index (χ2v) is 11.7. The number of carbonyl (C=O) groups excluding carboxylic acids is 5. The molecule has 0 spiro atoms. The average Bonchev–Trinajstić information content (AvgIpc) is 3.72. The number of nitrogens with zero attached hydrogens (tertiary/aromatic N) is 1. The first kappa shape index (κ1) is 35.3. The van der Waals surface area contributed by atoms with Crippen LogP contribution in [0.5, 0.6) is 0 Å². The van der Waals surface area contributed by atoms with E-state index in [1.165, 1.54) is 43.7 Å². The highest BCUT2D eigenvalue weighted by atomic mass is 19.1. The Morgan fingerprint density at radius 3 is 2.10 bits per heavy atom. The molecule has 4 aromatic rings. The molecule has 13 nitrogen and oxygen atoms in total. The summed E-state index contributed by atoms with van der Waals surface area (Å²) in [5.41, 5.74) is 8.48. The molecule has 2 heterocycles. The summed E-state index contributed by atoms with van der Waals surface area (Å²) in [6, 6.07) is 8.59. The third kappa shape index (κ3) is 9.98. The van der Waals surface area contributed by atoms with Crippen molar-refractivity contribution in [2.75, 3.05) is 0 Å². The number of nitrogens with one attached hydrogen (secondary N) is 6. The van der Waals surface area contributed by atoms with Crippen molar-refractivity contribution >= 4 is 40.4 Å². The molecule has 48 heavy (non-hydrogen) atoms. The van der Waals surface area contributed by atoms with Crippen LogP contribution in [-0.2, 0) is 43.2 Å². The summed E-state index contributed by atoms with van der Waals surface area (Å²) in [6.07, 6.45) is 6.41. The van der Waals surface area contributed by atoms with Crippen LogP contribution in [0.3, 0.4) is 0 Å². The molecule has 0 bridgehead atoms. The van der Waals surface area contributed by atoms with Crippen LogP contribution < -0.4 is 27.0 Å². The maximum Gasteiger partial charge on any atom is 0.243 e. The molecule has 0 aliphatic heterocycles. The van der Waals surface area contributed by atoms with E-state index >= 15 is 0 Å². The highest BCUT2D eigenvalue weighted by molar-refractivity contribution is 5.95. The van der Waals surface area contributed by atoms with Crippen LogP contribution in [0.1, 0.15) is 49.9 Å². The van der Waals surface area contributed by atoms with Crippen LogP contribution in [0.15, 0.2) is 67.3 Å². The van der Waals surface area contributed by atoms with Crippen molar-refractivity contribution in [1.29, 1.82) is 0 Å². The lowest BCUT2D eigenvalue weighted by molar-refractivity contribution is -0.134. The van der Waals surface area contributed by atoms with Crippen LogP contribution in [-0.4, -0.2) is 68.7 Å². The number of unbranched alkanes of at least 4 members (excludes halogenated alkanes) is 1. The first-order valence-corrected chi connectivity index (χ1v) is 15.8. The number of fused-ring (bicyclic) bond motifs is 1. The fraction of sp³-hybridized carbons (Fsp3) is 0.353. The quantitative estimate of drug-likeness (QED) is 0.0897. The van der Waals surface area contributed by atoms with Gasteiger partial charge in [0.25, 0.3) is 0 Å². The normalized spacial score (nSPS) is 13.6. The van der Waals surface area contributed by atoms with Crippen molar-refractivity contribution in [1.82, 2.24) is 36.2 Å². The van der Waals surface area contributed by atoms with Crippen LogP contribution in [0, 0.1) is 5.82 Å². The van der Waals surface area contributed by atoms with Gasteiger partial charge < -0.3 is 37.0 Å². The number of aromatic nitrogens is 3. The molecule has 0 aliphatic rings. The molecule has 0 saturated carbocycles. The zero-order valence-electron chi connectivity index (χ0n) is 26.8. The predicted molar refractivity (Wildman–Crippen MR) is 177 cm³/mol. The number of primary amides is 1. The van der Waals surface area contributed by atoms with Crippen molar-refractivity contribution in [2.24, 2.45) is 5.73 Å². The number of hydrogen-bond acceptors (Lipinski definition) is 6. The second-order valence-electron chi connectivity index (χ2n) is 11.7. The summed E-state index contributed by atoms with van der Waals surface area (Å²) in [7, 11) is 0. The van der Waals surface area contributed by atoms with Gasteiger partial charge in [-0.3, -0.25) is 24.0 Å². The second kappa shape index (κ2) is 16.9. The number of hydrogen-bond donors (Lipinski definition) is 7. The largest absolute Gasteiger partial charge is 0.368 e. The molecule has 4 atom stereocenters. The van der Waals surface area contributed by atoms with Crippen molar-refractivity contribution < 1.29 is 28.4 Å². The first-order valence-electron chi connectivity index (χ1n) is 15.8. The van der Waals surface area contributed by atoms with Gasteiger partial charge in [0.1, 0.15) is 30.0 Å². The highest BCUT2D eigenvalue weighted by Crippen LogP contribution is 2.19. The Bertz CT molecular complexity index is 1710. The van der Waals surface area contributed by atoms with E-state index in [1.807, 2.05) is 31.2 Å². The summed E-state index contributed by atoms with van der Waals surface area (Å²) in [4.78, 5) is 75.3. The van der Waals surface area contributed by atoms with Crippen LogP contribution in [0.2, 0.25) is 0 Å². The Balaban J connectivity index is 1.53. The van der Waals surface area contributed by atoms with Crippen LogP contribution in [0.4, 0.5) is 4.39 Å². The summed E-state index contributed by atoms with van der Waals surface area (Å²) in [5.74, 6) is -3.60. The molecule has 0 fully saturated rings. The number of H-pyrrole nitrogens is 2. The van der Waals surface area contributed by atoms with E-state index in [0.717, 1.165) is 22.9 Å². The summed E-state index contributed by atoms with van der Waals surface area (Å²) in [6.45, 7) is 3.20. The number of aromatic amines is 2. The molecule has 2 aromatic heterocycles. The number of carbonyl (C=O) groups is 5. The van der Waals surface area contributed by atoms with Gasteiger partial charge in [-0.25, -0.2) is 9.37 Å². The van der Waals surface area contributed by atoms with Crippen LogP contribution in [0.25, 0.3) is 10.9 Å². The van der Waals surface area contributed by atoms with E-state index in [1.54, 1.807) is 6.20 Å². The van der Waals surface area contributed by atoms with Gasteiger partial charge in [0, 0.05) is 55.2 Å². The van der Waals surface area contributed by atoms with Crippen molar-refractivity contribution in [2.45, 2.75) is 76.5 Å². The minimum absolute atomic E-state index is 0.0404. The van der Waals surface area contributed by atoms with E-state index < -0.39 is 59.5 Å². The Morgan fingerprint density at radius 1 is 0.812 bits per heavy atom. The summed E-state index contributed by atoms with van der Waals surface area (Å²) >= 11 is 0. The van der Waals surface area contributed by atoms with Gasteiger partial charge in [0.05, 0.1) is 6.33 Å². The van der Waals surface area contributed by atoms with Crippen molar-refractivity contribution in [3.05, 3.63) is 89.9 Å². The molecule has 254 valence electrons. The zero-order valence-corrected chi connectivity index (χ0v) is 26.8. The number of imidazole rings is 1. The molecule has 0 unspecified atom stereocenters. The Hall–Kier alpha value is -5.53. The van der Waals surface area contributed by atoms with Crippen LogP contribution >= 0.6 is 0 Å². The number of benzene rings is 2. The molecule has 5 amide bonds. The maximum atomic E-state index is 13.8. The Labute approximate surface area is 277 Å². The number of halogens is 1. The van der Waals surface area contributed by atoms with E-state index in [9.17, 15) is 28.4 Å². The third-order valence-electron chi connectivity index (χ3n) is 7.90. The average molecular weight is 661 g/mol. The number of para-hydroxylation sites is 1. The highest BCUT2D eigenvalue weighted by Gasteiger charge is 2.31. The van der Waals surface area contributed by atoms with Gasteiger partial charge >= 0.3 is 0 Å². The first-order chi connectivity index (χ1) is 23.0. The van der Waals surface area contributed by atoms with Crippen molar-refractivity contribution in [3.8, 4) is 0 Å². The lowest BCUT2D eigenvalue weighted by atomic mass is 10.0. The van der Waals surface area contributed by atoms with E-state index in [-0.39, 0.29) is 25.7 Å². The number of amides is 5. The SMILES string of the molecule is CCCC[C@H](NC(=O)[C@@H](Cc1ccc(F)cc1)NC(=O)[C@H](Cc1cnc[nH]1)NC(C)=O)C(=O)N[C@@H](Cc1c[nH]c2ccccc12)C(N)=O. The van der Waals surface area contributed by atoms with Gasteiger partial charge in [-0.2, -0.15) is 0 Å². The summed E-state index contributed by atoms with van der Waals surface area (Å²) in [5, 5.41) is 11.6. The lowest BCUT2D eigenvalue weighted by Gasteiger charge is -2.26. The Morgan fingerprint density at radius 2 is 1.46 bits per heavy atom. The van der Waals surface area contributed by atoms with Gasteiger partial charge in [-0.05, 0) is 35.7 Å². The molecule has 2 aromatic carbocycles. The molecular formula is C34H41FN8O5. The predicted octanol–water partition coefficient (Wildman–Crippen LogP) is 1.69. The molecule has 0 radical (unpaired) electrons. The van der Waals surface area contributed by atoms with Gasteiger partial charge in [-0.1, -0.05) is 50.1 Å². The molecular weight excluding hydrogens is 619 g/mol. The molecule has 8 N–H and O–H groups in total. The smallest absolute Gasteiger partial charge is 0.243 e. The van der Waals surface area contributed by atoms with E-state index in [4.69, 9.17) is 5.73 Å². The fourth-order valence-electron chi connectivity index (χ4n) is 5.37. The Kier molecular flexibility index (Phi) is 12.4. The van der Waals surface area contributed by atoms with Gasteiger partial charge in [0.2, 0.25) is 29.5 Å². The third-order valence-corrected chi connectivity index (χ3v) is 7.90.